The van der Waals surface area contributed by atoms with E-state index in [1.54, 1.807) is 11.3 Å². The smallest absolute Gasteiger partial charge is 0.149 e. The molecule has 6 heteroatoms. The highest BCUT2D eigenvalue weighted by Gasteiger charge is 2.26. The first kappa shape index (κ1) is 12.9. The van der Waals surface area contributed by atoms with Crippen LogP contribution in [0.1, 0.15) is 31.0 Å². The number of aromatic nitrogens is 3. The van der Waals surface area contributed by atoms with Crippen molar-refractivity contribution in [1.29, 1.82) is 0 Å². The summed E-state index contributed by atoms with van der Waals surface area (Å²) in [5.41, 5.74) is 0. The quantitative estimate of drug-likeness (QED) is 0.626. The molecule has 2 aromatic rings. The van der Waals surface area contributed by atoms with Gasteiger partial charge in [0.15, 0.2) is 0 Å². The van der Waals surface area contributed by atoms with Crippen LogP contribution in [0.4, 0.5) is 5.82 Å². The van der Waals surface area contributed by atoms with Crippen LogP contribution in [-0.2, 0) is 0 Å². The summed E-state index contributed by atoms with van der Waals surface area (Å²) in [6.45, 7) is 0.944. The number of hydrogen-bond donors (Lipinski definition) is 1. The Hall–Kier alpha value is -1.14. The molecule has 2 heterocycles. The molecule has 0 amide bonds. The van der Waals surface area contributed by atoms with E-state index in [-0.39, 0.29) is 0 Å². The molecule has 1 saturated carbocycles. The van der Waals surface area contributed by atoms with Gasteiger partial charge in [-0.3, -0.25) is 0 Å². The Morgan fingerprint density at radius 2 is 2.26 bits per heavy atom. The Balaban J connectivity index is 1.38. The Labute approximate surface area is 121 Å². The molecule has 1 N–H and O–H groups in total. The zero-order valence-corrected chi connectivity index (χ0v) is 12.2. The van der Waals surface area contributed by atoms with Gasteiger partial charge in [-0.1, -0.05) is 11.8 Å². The molecular weight excluding hydrogens is 276 g/mol. The van der Waals surface area contributed by atoms with Crippen molar-refractivity contribution in [3.05, 3.63) is 29.7 Å². The maximum atomic E-state index is 4.54. The van der Waals surface area contributed by atoms with Crippen LogP contribution in [0.2, 0.25) is 0 Å². The molecule has 1 aliphatic carbocycles. The van der Waals surface area contributed by atoms with E-state index in [0.717, 1.165) is 34.7 Å². The van der Waals surface area contributed by atoms with Crippen molar-refractivity contribution in [2.45, 2.75) is 29.5 Å². The molecule has 4 nitrogen and oxygen atoms in total. The first-order chi connectivity index (χ1) is 9.42. The topological polar surface area (TPSA) is 50.7 Å². The molecule has 0 atom stereocenters. The maximum absolute atomic E-state index is 4.54. The normalized spacial score (nSPS) is 14.5. The van der Waals surface area contributed by atoms with E-state index in [0.29, 0.717) is 5.92 Å². The van der Waals surface area contributed by atoms with E-state index in [4.69, 9.17) is 0 Å². The fraction of sp³-hybridized carbons (Fsp3) is 0.462. The first-order valence-corrected chi connectivity index (χ1v) is 8.37. The molecule has 0 radical (unpaired) electrons. The van der Waals surface area contributed by atoms with Gasteiger partial charge in [0, 0.05) is 36.0 Å². The Bertz CT molecular complexity index is 511. The summed E-state index contributed by atoms with van der Waals surface area (Å²) >= 11 is 3.52. The Morgan fingerprint density at radius 3 is 3.05 bits per heavy atom. The lowest BCUT2D eigenvalue weighted by molar-refractivity contribution is 0.910. The van der Waals surface area contributed by atoms with Gasteiger partial charge in [0.25, 0.3) is 0 Å². The molecule has 0 spiro atoms. The molecule has 0 bridgehead atoms. The lowest BCUT2D eigenvalue weighted by Gasteiger charge is -2.06. The molecule has 19 heavy (non-hydrogen) atoms. The number of hydrogen-bond acceptors (Lipinski definition) is 6. The highest BCUT2D eigenvalue weighted by molar-refractivity contribution is 8.00. The van der Waals surface area contributed by atoms with Crippen LogP contribution in [-0.4, -0.2) is 27.2 Å². The van der Waals surface area contributed by atoms with Gasteiger partial charge < -0.3 is 5.32 Å². The Morgan fingerprint density at radius 1 is 1.32 bits per heavy atom. The molecule has 1 aliphatic rings. The van der Waals surface area contributed by atoms with Crippen LogP contribution in [0.3, 0.4) is 0 Å². The third-order valence-electron chi connectivity index (χ3n) is 2.88. The highest BCUT2D eigenvalue weighted by Crippen LogP contribution is 2.37. The molecule has 0 unspecified atom stereocenters. The van der Waals surface area contributed by atoms with E-state index in [1.165, 1.54) is 12.8 Å². The molecule has 0 aliphatic heterocycles. The van der Waals surface area contributed by atoms with Crippen molar-refractivity contribution < 1.29 is 0 Å². The molecule has 0 saturated heterocycles. The molecule has 3 rings (SSSR count). The fourth-order valence-corrected chi connectivity index (χ4v) is 3.39. The number of thiazole rings is 1. The van der Waals surface area contributed by atoms with Crippen molar-refractivity contribution in [3.63, 3.8) is 0 Å². The van der Waals surface area contributed by atoms with Crippen LogP contribution in [0.15, 0.2) is 28.2 Å². The van der Waals surface area contributed by atoms with Crippen molar-refractivity contribution in [2.24, 2.45) is 0 Å². The minimum atomic E-state index is 0.613. The average molecular weight is 292 g/mol. The van der Waals surface area contributed by atoms with Gasteiger partial charge in [0.2, 0.25) is 0 Å². The lowest BCUT2D eigenvalue weighted by atomic mass is 10.4. The summed E-state index contributed by atoms with van der Waals surface area (Å²) in [6, 6.07) is 1.94. The van der Waals surface area contributed by atoms with Gasteiger partial charge in [-0.25, -0.2) is 15.0 Å². The number of thioether (sulfide) groups is 1. The van der Waals surface area contributed by atoms with E-state index in [2.05, 4.69) is 20.3 Å². The minimum Gasteiger partial charge on any atom is -0.370 e. The van der Waals surface area contributed by atoms with Gasteiger partial charge in [0.1, 0.15) is 16.0 Å². The van der Waals surface area contributed by atoms with E-state index in [1.807, 2.05) is 35.6 Å². The largest absolute Gasteiger partial charge is 0.370 e. The molecule has 0 aromatic carbocycles. The maximum Gasteiger partial charge on any atom is 0.149 e. The third kappa shape index (κ3) is 3.91. The summed E-state index contributed by atoms with van der Waals surface area (Å²) in [7, 11) is 0. The highest BCUT2D eigenvalue weighted by atomic mass is 32.2. The molecule has 100 valence electrons. The summed E-state index contributed by atoms with van der Waals surface area (Å²) in [5, 5.41) is 5.38. The van der Waals surface area contributed by atoms with Crippen LogP contribution < -0.4 is 5.32 Å². The first-order valence-electron chi connectivity index (χ1n) is 6.51. The Kier molecular flexibility index (Phi) is 4.30. The van der Waals surface area contributed by atoms with Gasteiger partial charge in [0.05, 0.1) is 0 Å². The number of anilines is 1. The monoisotopic (exact) mass is 292 g/mol. The second kappa shape index (κ2) is 6.34. The fourth-order valence-electron chi connectivity index (χ4n) is 1.74. The van der Waals surface area contributed by atoms with E-state index in [9.17, 15) is 0 Å². The zero-order chi connectivity index (χ0) is 12.9. The molecular formula is C13H16N4S2. The van der Waals surface area contributed by atoms with Gasteiger partial charge in [-0.15, -0.1) is 11.3 Å². The van der Waals surface area contributed by atoms with Crippen LogP contribution in [0, 0.1) is 0 Å². The van der Waals surface area contributed by atoms with Crippen molar-refractivity contribution in [3.8, 4) is 0 Å². The summed E-state index contributed by atoms with van der Waals surface area (Å²) < 4.78 is 1.15. The third-order valence-corrected chi connectivity index (χ3v) is 4.93. The zero-order valence-electron chi connectivity index (χ0n) is 10.6. The van der Waals surface area contributed by atoms with Crippen LogP contribution in [0.25, 0.3) is 0 Å². The summed E-state index contributed by atoms with van der Waals surface area (Å²) in [5.74, 6) is 3.65. The van der Waals surface area contributed by atoms with Crippen molar-refractivity contribution in [2.75, 3.05) is 17.6 Å². The van der Waals surface area contributed by atoms with Crippen LogP contribution in [0.5, 0.6) is 0 Å². The summed E-state index contributed by atoms with van der Waals surface area (Å²) in [4.78, 5) is 13.1. The standard InChI is InChI=1S/C13H16N4S2/c1(8-18-13-16-7-9-19-13)5-14-11-4-6-15-12(17-11)10-2-3-10/h4,6-7,9-10H,1-3,5,8H2,(H,14,15,17). The number of rotatable bonds is 7. The van der Waals surface area contributed by atoms with Gasteiger partial charge in [-0.2, -0.15) is 0 Å². The summed E-state index contributed by atoms with van der Waals surface area (Å²) in [6.07, 6.45) is 7.30. The second-order valence-corrected chi connectivity index (χ2v) is 6.74. The average Bonchev–Trinajstić information content (AvgIpc) is 3.17. The van der Waals surface area contributed by atoms with Gasteiger partial charge >= 0.3 is 0 Å². The van der Waals surface area contributed by atoms with E-state index < -0.39 is 0 Å². The second-order valence-electron chi connectivity index (χ2n) is 4.50. The lowest BCUT2D eigenvalue weighted by Crippen LogP contribution is -2.06. The SMILES string of the molecule is c1cc(NCCCSc2nccs2)nc(C2CC2)n1. The van der Waals surface area contributed by atoms with Crippen molar-refractivity contribution in [1.82, 2.24) is 15.0 Å². The minimum absolute atomic E-state index is 0.613. The predicted molar refractivity (Wildman–Crippen MR) is 80.0 cm³/mol. The van der Waals surface area contributed by atoms with Gasteiger partial charge in [-0.05, 0) is 25.3 Å². The molecule has 2 aromatic heterocycles. The number of nitrogens with one attached hydrogen (secondary N) is 1. The number of nitrogens with zero attached hydrogens (tertiary/aromatic N) is 3. The van der Waals surface area contributed by atoms with Crippen LogP contribution >= 0.6 is 23.1 Å². The van der Waals surface area contributed by atoms with E-state index >= 15 is 0 Å². The molecule has 1 fully saturated rings. The van der Waals surface area contributed by atoms with Crippen molar-refractivity contribution >= 4 is 28.9 Å². The predicted octanol–water partition coefficient (Wildman–Crippen LogP) is 3.40.